The van der Waals surface area contributed by atoms with Crippen LogP contribution in [-0.2, 0) is 14.1 Å². The van der Waals surface area contributed by atoms with E-state index in [4.69, 9.17) is 9.31 Å². The average Bonchev–Trinajstić information content (AvgIpc) is 2.78. The van der Waals surface area contributed by atoms with Gasteiger partial charge in [-0.1, -0.05) is 38.1 Å². The van der Waals surface area contributed by atoms with Gasteiger partial charge in [0.25, 0.3) is 0 Å². The number of aliphatic carboxylic acids is 1. The predicted octanol–water partition coefficient (Wildman–Crippen LogP) is 3.68. The zero-order valence-electron chi connectivity index (χ0n) is 17.6. The molecule has 0 saturated carbocycles. The van der Waals surface area contributed by atoms with Crippen molar-refractivity contribution in [1.82, 2.24) is 5.32 Å². The molecule has 2 atom stereocenters. The molecule has 0 bridgehead atoms. The van der Waals surface area contributed by atoms with Crippen molar-refractivity contribution < 1.29 is 32.4 Å². The number of hydrogen-bond acceptors (Lipinski definition) is 4. The fraction of sp³-hybridized carbons (Fsp3) is 0.650. The Balaban J connectivity index is 2.25. The first-order valence-electron chi connectivity index (χ1n) is 9.65. The summed E-state index contributed by atoms with van der Waals surface area (Å²) in [5, 5.41) is 11.6. The second-order valence-corrected chi connectivity index (χ2v) is 8.92. The van der Waals surface area contributed by atoms with Gasteiger partial charge in [0.05, 0.1) is 11.2 Å². The number of halogens is 3. The maximum Gasteiger partial charge on any atom is 0.494 e. The number of carboxylic acids is 1. The van der Waals surface area contributed by atoms with Crippen molar-refractivity contribution in [1.29, 1.82) is 0 Å². The molecule has 1 aliphatic heterocycles. The summed E-state index contributed by atoms with van der Waals surface area (Å²) in [5.41, 5.74) is -0.575. The van der Waals surface area contributed by atoms with E-state index in [-0.39, 0.29) is 17.9 Å². The Morgan fingerprint density at radius 3 is 1.97 bits per heavy atom. The number of benzene rings is 1. The third-order valence-corrected chi connectivity index (χ3v) is 5.50. The van der Waals surface area contributed by atoms with Crippen molar-refractivity contribution in [3.63, 3.8) is 0 Å². The Hall–Kier alpha value is -1.58. The van der Waals surface area contributed by atoms with Crippen LogP contribution in [0.2, 0.25) is 0 Å². The van der Waals surface area contributed by atoms with Gasteiger partial charge in [0.1, 0.15) is 12.1 Å². The minimum absolute atomic E-state index is 0.0622. The molecule has 1 aliphatic rings. The normalized spacial score (nSPS) is 20.7. The van der Waals surface area contributed by atoms with Crippen LogP contribution in [0.3, 0.4) is 0 Å². The number of carboxylic acid groups (broad SMARTS) is 1. The summed E-state index contributed by atoms with van der Waals surface area (Å²) in [6.45, 7) is 11.1. The molecule has 1 heterocycles. The molecule has 5 nitrogen and oxygen atoms in total. The highest BCUT2D eigenvalue weighted by molar-refractivity contribution is 6.62. The van der Waals surface area contributed by atoms with E-state index in [0.29, 0.717) is 5.46 Å². The van der Waals surface area contributed by atoms with E-state index in [1.165, 1.54) is 24.3 Å². The van der Waals surface area contributed by atoms with Gasteiger partial charge in [0.2, 0.25) is 0 Å². The lowest BCUT2D eigenvalue weighted by atomic mass is 9.78. The van der Waals surface area contributed by atoms with Gasteiger partial charge in [0.15, 0.2) is 0 Å². The van der Waals surface area contributed by atoms with Crippen LogP contribution >= 0.6 is 0 Å². The van der Waals surface area contributed by atoms with Crippen molar-refractivity contribution in [2.45, 2.75) is 77.4 Å². The summed E-state index contributed by atoms with van der Waals surface area (Å²) in [6, 6.07) is 2.32. The molecule has 1 fully saturated rings. The first-order valence-corrected chi connectivity index (χ1v) is 9.65. The molecule has 0 aromatic heterocycles. The van der Waals surface area contributed by atoms with E-state index in [2.05, 4.69) is 5.32 Å². The van der Waals surface area contributed by atoms with E-state index in [1.54, 1.807) is 13.8 Å². The van der Waals surface area contributed by atoms with Gasteiger partial charge in [-0.2, -0.15) is 13.2 Å². The lowest BCUT2D eigenvalue weighted by molar-refractivity contribution is -0.163. The Bertz CT molecular complexity index is 703. The molecule has 0 aliphatic carbocycles. The van der Waals surface area contributed by atoms with Gasteiger partial charge < -0.3 is 14.4 Å². The van der Waals surface area contributed by atoms with Gasteiger partial charge >= 0.3 is 19.3 Å². The monoisotopic (exact) mass is 415 g/mol. The summed E-state index contributed by atoms with van der Waals surface area (Å²) in [4.78, 5) is 11.4. The van der Waals surface area contributed by atoms with E-state index >= 15 is 0 Å². The molecular formula is C20H29BF3NO4. The van der Waals surface area contributed by atoms with Crippen molar-refractivity contribution in [3.8, 4) is 0 Å². The first kappa shape index (κ1) is 23.7. The highest BCUT2D eigenvalue weighted by Crippen LogP contribution is 2.37. The summed E-state index contributed by atoms with van der Waals surface area (Å²) < 4.78 is 52.8. The average molecular weight is 415 g/mol. The second kappa shape index (κ2) is 8.28. The quantitative estimate of drug-likeness (QED) is 0.666. The zero-order chi connectivity index (χ0) is 22.2. The van der Waals surface area contributed by atoms with Gasteiger partial charge in [-0.05, 0) is 51.1 Å². The largest absolute Gasteiger partial charge is 0.494 e. The molecule has 0 amide bonds. The van der Waals surface area contributed by atoms with E-state index in [0.717, 1.165) is 0 Å². The van der Waals surface area contributed by atoms with Crippen LogP contribution in [0.15, 0.2) is 24.3 Å². The Morgan fingerprint density at radius 2 is 1.59 bits per heavy atom. The van der Waals surface area contributed by atoms with Crippen LogP contribution in [0.4, 0.5) is 13.2 Å². The standard InChI is InChI=1S/C20H29BF3NO4/c1-12(2)11-15(17(26)27)25-16(20(22,23)24)13-7-9-14(10-8-13)21-28-18(3,4)19(5,6)29-21/h7-10,12,15-16,25H,11H2,1-6H3,(H,26,27)/t15-,16-/m0/s1. The lowest BCUT2D eigenvalue weighted by Gasteiger charge is -2.32. The lowest BCUT2D eigenvalue weighted by Crippen LogP contribution is -2.45. The van der Waals surface area contributed by atoms with Crippen molar-refractivity contribution in [2.24, 2.45) is 5.92 Å². The summed E-state index contributed by atoms with van der Waals surface area (Å²) in [6.07, 6.45) is -4.55. The molecule has 0 spiro atoms. The molecule has 0 radical (unpaired) electrons. The number of rotatable bonds is 7. The molecule has 2 N–H and O–H groups in total. The predicted molar refractivity (Wildman–Crippen MR) is 105 cm³/mol. The number of hydrogen-bond donors (Lipinski definition) is 2. The highest BCUT2D eigenvalue weighted by atomic mass is 19.4. The van der Waals surface area contributed by atoms with Crippen molar-refractivity contribution in [2.75, 3.05) is 0 Å². The second-order valence-electron chi connectivity index (χ2n) is 8.92. The molecule has 2 rings (SSSR count). The first-order chi connectivity index (χ1) is 13.1. The smallest absolute Gasteiger partial charge is 0.480 e. The third kappa shape index (κ3) is 5.52. The molecule has 1 aromatic carbocycles. The van der Waals surface area contributed by atoms with E-state index in [9.17, 15) is 23.1 Å². The Kier molecular flexibility index (Phi) is 6.77. The Morgan fingerprint density at radius 1 is 1.10 bits per heavy atom. The van der Waals surface area contributed by atoms with Crippen LogP contribution in [0.25, 0.3) is 0 Å². The van der Waals surface area contributed by atoms with Crippen LogP contribution in [0.5, 0.6) is 0 Å². The minimum Gasteiger partial charge on any atom is -0.480 e. The van der Waals surface area contributed by atoms with Crippen LogP contribution in [0, 0.1) is 5.92 Å². The molecule has 1 aromatic rings. The SMILES string of the molecule is CC(C)C[C@H](N[C@@H](c1ccc(B2OC(C)(C)C(C)(C)O2)cc1)C(F)(F)F)C(=O)O. The fourth-order valence-electron chi connectivity index (χ4n) is 3.12. The highest BCUT2D eigenvalue weighted by Gasteiger charge is 2.51. The number of carbonyl (C=O) groups is 1. The molecule has 0 unspecified atom stereocenters. The summed E-state index contributed by atoms with van der Waals surface area (Å²) >= 11 is 0. The van der Waals surface area contributed by atoms with Crippen LogP contribution in [0.1, 0.15) is 59.6 Å². The van der Waals surface area contributed by atoms with E-state index in [1.807, 2.05) is 27.7 Å². The molecule has 1 saturated heterocycles. The summed E-state index contributed by atoms with van der Waals surface area (Å²) in [7, 11) is -0.681. The van der Waals surface area contributed by atoms with Crippen molar-refractivity contribution in [3.05, 3.63) is 29.8 Å². The van der Waals surface area contributed by atoms with Gasteiger partial charge in [-0.15, -0.1) is 0 Å². The third-order valence-electron chi connectivity index (χ3n) is 5.50. The van der Waals surface area contributed by atoms with Gasteiger partial charge in [-0.3, -0.25) is 10.1 Å². The van der Waals surface area contributed by atoms with E-state index < -0.39 is 42.5 Å². The van der Waals surface area contributed by atoms with Crippen LogP contribution in [-0.4, -0.2) is 41.6 Å². The minimum atomic E-state index is -4.64. The molecule has 162 valence electrons. The van der Waals surface area contributed by atoms with Gasteiger partial charge in [0, 0.05) is 0 Å². The topological polar surface area (TPSA) is 67.8 Å². The van der Waals surface area contributed by atoms with Crippen LogP contribution < -0.4 is 10.8 Å². The number of alkyl halides is 3. The maximum absolute atomic E-state index is 13.7. The summed E-state index contributed by atoms with van der Waals surface area (Å²) in [5.74, 6) is -1.37. The maximum atomic E-state index is 13.7. The fourth-order valence-corrected chi connectivity index (χ4v) is 3.12. The Labute approximate surface area is 170 Å². The van der Waals surface area contributed by atoms with Gasteiger partial charge in [-0.25, -0.2) is 0 Å². The molecular weight excluding hydrogens is 386 g/mol. The van der Waals surface area contributed by atoms with Crippen molar-refractivity contribution >= 4 is 18.6 Å². The number of nitrogens with one attached hydrogen (secondary N) is 1. The molecule has 29 heavy (non-hydrogen) atoms. The zero-order valence-corrected chi connectivity index (χ0v) is 17.6. The molecule has 9 heteroatoms.